The zero-order valence-electron chi connectivity index (χ0n) is 20.2. The van der Waals surface area contributed by atoms with Crippen LogP contribution in [0.15, 0.2) is 71.5 Å². The summed E-state index contributed by atoms with van der Waals surface area (Å²) in [5.74, 6) is 0.996. The molecular weight excluding hydrogens is 426 g/mol. The summed E-state index contributed by atoms with van der Waals surface area (Å²) in [5, 5.41) is 3.45. The van der Waals surface area contributed by atoms with Gasteiger partial charge in [-0.15, -0.1) is 0 Å². The van der Waals surface area contributed by atoms with Gasteiger partial charge in [0.05, 0.1) is 16.6 Å². The maximum Gasteiger partial charge on any atom is 0.265 e. The summed E-state index contributed by atoms with van der Waals surface area (Å²) in [7, 11) is 0. The van der Waals surface area contributed by atoms with Crippen molar-refractivity contribution >= 4 is 22.5 Å². The Morgan fingerprint density at radius 1 is 1.00 bits per heavy atom. The Balaban J connectivity index is 1.47. The van der Waals surface area contributed by atoms with E-state index in [1.54, 1.807) is 22.8 Å². The van der Waals surface area contributed by atoms with Crippen LogP contribution in [0.5, 0.6) is 5.75 Å². The molecule has 6 nitrogen and oxygen atoms in total. The van der Waals surface area contributed by atoms with Crippen LogP contribution < -0.4 is 15.6 Å². The Labute approximate surface area is 199 Å². The van der Waals surface area contributed by atoms with Crippen LogP contribution in [0.3, 0.4) is 0 Å². The summed E-state index contributed by atoms with van der Waals surface area (Å²) in [5.41, 5.74) is 4.02. The number of para-hydroxylation sites is 1. The second-order valence-corrected chi connectivity index (χ2v) is 9.43. The van der Waals surface area contributed by atoms with Crippen molar-refractivity contribution in [3.8, 4) is 11.4 Å². The molecule has 0 atom stereocenters. The Hall–Kier alpha value is -3.93. The van der Waals surface area contributed by atoms with Gasteiger partial charge in [0.2, 0.25) is 0 Å². The van der Waals surface area contributed by atoms with Gasteiger partial charge in [-0.05, 0) is 72.9 Å². The molecular formula is C28H29N3O3. The number of fused-ring (bicyclic) bond motifs is 1. The standard InChI is InChI=1S/C28H29N3O3/c1-18-16-21(31-19(2)29-25-9-7-6-8-23(25)27(31)33)12-15-24(18)30-26(32)17-34-22-13-10-20(11-14-22)28(3,4)5/h6-16H,17H2,1-5H3,(H,30,32). The monoisotopic (exact) mass is 455 g/mol. The highest BCUT2D eigenvalue weighted by Crippen LogP contribution is 2.24. The SMILES string of the molecule is Cc1cc(-n2c(C)nc3ccccc3c2=O)ccc1NC(=O)COc1ccc(C(C)(C)C)cc1. The summed E-state index contributed by atoms with van der Waals surface area (Å²) in [6, 6.07) is 20.6. The Morgan fingerprint density at radius 3 is 2.38 bits per heavy atom. The highest BCUT2D eigenvalue weighted by Gasteiger charge is 2.14. The molecule has 1 aromatic heterocycles. The number of anilines is 1. The number of hydrogen-bond donors (Lipinski definition) is 1. The first-order valence-corrected chi connectivity index (χ1v) is 11.3. The molecule has 34 heavy (non-hydrogen) atoms. The molecule has 3 aromatic carbocycles. The van der Waals surface area contributed by atoms with E-state index in [1.807, 2.05) is 62.4 Å². The Kier molecular flexibility index (Phi) is 6.24. The summed E-state index contributed by atoms with van der Waals surface area (Å²) < 4.78 is 7.24. The maximum absolute atomic E-state index is 13.1. The molecule has 0 spiro atoms. The minimum absolute atomic E-state index is 0.0617. The van der Waals surface area contributed by atoms with Crippen molar-refractivity contribution in [2.24, 2.45) is 0 Å². The van der Waals surface area contributed by atoms with Crippen LogP contribution in [0.1, 0.15) is 37.7 Å². The molecule has 0 aliphatic rings. The number of carbonyl (C=O) groups is 1. The van der Waals surface area contributed by atoms with Crippen LogP contribution in [-0.2, 0) is 10.2 Å². The second kappa shape index (κ2) is 9.14. The normalized spacial score (nSPS) is 11.4. The molecule has 0 aliphatic heterocycles. The van der Waals surface area contributed by atoms with Gasteiger partial charge < -0.3 is 10.1 Å². The number of aryl methyl sites for hydroxylation is 2. The lowest BCUT2D eigenvalue weighted by atomic mass is 9.87. The van der Waals surface area contributed by atoms with E-state index in [4.69, 9.17) is 4.74 Å². The van der Waals surface area contributed by atoms with E-state index in [9.17, 15) is 9.59 Å². The van der Waals surface area contributed by atoms with Gasteiger partial charge in [0.15, 0.2) is 6.61 Å². The van der Waals surface area contributed by atoms with Crippen molar-refractivity contribution in [2.45, 2.75) is 40.0 Å². The fourth-order valence-electron chi connectivity index (χ4n) is 3.86. The molecule has 6 heteroatoms. The average Bonchev–Trinajstić information content (AvgIpc) is 2.79. The van der Waals surface area contributed by atoms with Crippen molar-refractivity contribution in [2.75, 3.05) is 11.9 Å². The molecule has 0 radical (unpaired) electrons. The van der Waals surface area contributed by atoms with Crippen LogP contribution in [0.4, 0.5) is 5.69 Å². The third-order valence-electron chi connectivity index (χ3n) is 5.78. The second-order valence-electron chi connectivity index (χ2n) is 9.43. The van der Waals surface area contributed by atoms with Crippen LogP contribution in [0.2, 0.25) is 0 Å². The van der Waals surface area contributed by atoms with E-state index in [0.717, 1.165) is 5.56 Å². The van der Waals surface area contributed by atoms with Gasteiger partial charge >= 0.3 is 0 Å². The molecule has 0 saturated heterocycles. The molecule has 1 N–H and O–H groups in total. The molecule has 0 aliphatic carbocycles. The lowest BCUT2D eigenvalue weighted by molar-refractivity contribution is -0.118. The first kappa shape index (κ1) is 23.2. The third-order valence-corrected chi connectivity index (χ3v) is 5.78. The van der Waals surface area contributed by atoms with Crippen molar-refractivity contribution < 1.29 is 9.53 Å². The summed E-state index contributed by atoms with van der Waals surface area (Å²) in [4.78, 5) is 30.1. The van der Waals surface area contributed by atoms with E-state index in [1.165, 1.54) is 5.56 Å². The molecule has 0 unspecified atom stereocenters. The largest absolute Gasteiger partial charge is 0.484 e. The van der Waals surface area contributed by atoms with Gasteiger partial charge in [0.25, 0.3) is 11.5 Å². The molecule has 0 bridgehead atoms. The van der Waals surface area contributed by atoms with Gasteiger partial charge in [-0.25, -0.2) is 4.98 Å². The molecule has 4 aromatic rings. The number of ether oxygens (including phenoxy) is 1. The molecule has 1 amide bonds. The first-order valence-electron chi connectivity index (χ1n) is 11.3. The quantitative estimate of drug-likeness (QED) is 0.442. The Morgan fingerprint density at radius 2 is 1.71 bits per heavy atom. The van der Waals surface area contributed by atoms with Crippen molar-refractivity contribution in [1.29, 1.82) is 0 Å². The Bertz CT molecular complexity index is 1410. The van der Waals surface area contributed by atoms with E-state index in [-0.39, 0.29) is 23.5 Å². The number of carbonyl (C=O) groups excluding carboxylic acids is 1. The predicted molar refractivity (Wildman–Crippen MR) is 136 cm³/mol. The lowest BCUT2D eigenvalue weighted by Crippen LogP contribution is -2.23. The number of amides is 1. The number of rotatable bonds is 5. The minimum Gasteiger partial charge on any atom is -0.484 e. The zero-order valence-corrected chi connectivity index (χ0v) is 20.2. The fraction of sp³-hybridized carbons (Fsp3) is 0.250. The third kappa shape index (κ3) is 4.86. The van der Waals surface area contributed by atoms with E-state index in [2.05, 4.69) is 31.1 Å². The number of aromatic nitrogens is 2. The summed E-state index contributed by atoms with van der Waals surface area (Å²) >= 11 is 0. The van der Waals surface area contributed by atoms with E-state index in [0.29, 0.717) is 33.9 Å². The van der Waals surface area contributed by atoms with Gasteiger partial charge in [-0.3, -0.25) is 14.2 Å². The van der Waals surface area contributed by atoms with E-state index >= 15 is 0 Å². The van der Waals surface area contributed by atoms with Crippen molar-refractivity contribution in [3.05, 3.63) is 94.0 Å². The molecule has 0 saturated carbocycles. The van der Waals surface area contributed by atoms with Crippen molar-refractivity contribution in [3.63, 3.8) is 0 Å². The van der Waals surface area contributed by atoms with Crippen LogP contribution >= 0.6 is 0 Å². The van der Waals surface area contributed by atoms with Crippen LogP contribution in [0, 0.1) is 13.8 Å². The highest BCUT2D eigenvalue weighted by atomic mass is 16.5. The van der Waals surface area contributed by atoms with Gasteiger partial charge in [0.1, 0.15) is 11.6 Å². The van der Waals surface area contributed by atoms with Crippen LogP contribution in [-0.4, -0.2) is 22.1 Å². The predicted octanol–water partition coefficient (Wildman–Crippen LogP) is 5.32. The van der Waals surface area contributed by atoms with Gasteiger partial charge in [0, 0.05) is 5.69 Å². The molecule has 4 rings (SSSR count). The number of nitrogens with zero attached hydrogens (tertiary/aromatic N) is 2. The summed E-state index contributed by atoms with van der Waals surface area (Å²) in [6.07, 6.45) is 0. The average molecular weight is 456 g/mol. The molecule has 174 valence electrons. The number of hydrogen-bond acceptors (Lipinski definition) is 4. The first-order chi connectivity index (χ1) is 16.1. The fourth-order valence-corrected chi connectivity index (χ4v) is 3.86. The molecule has 1 heterocycles. The smallest absolute Gasteiger partial charge is 0.265 e. The lowest BCUT2D eigenvalue weighted by Gasteiger charge is -2.19. The van der Waals surface area contributed by atoms with E-state index < -0.39 is 0 Å². The number of benzene rings is 3. The topological polar surface area (TPSA) is 73.2 Å². The summed E-state index contributed by atoms with van der Waals surface area (Å²) in [6.45, 7) is 10.1. The number of nitrogens with one attached hydrogen (secondary N) is 1. The van der Waals surface area contributed by atoms with Crippen LogP contribution in [0.25, 0.3) is 16.6 Å². The molecule has 0 fully saturated rings. The highest BCUT2D eigenvalue weighted by molar-refractivity contribution is 5.92. The van der Waals surface area contributed by atoms with Gasteiger partial charge in [-0.1, -0.05) is 45.0 Å². The van der Waals surface area contributed by atoms with Gasteiger partial charge in [-0.2, -0.15) is 0 Å². The minimum atomic E-state index is -0.253. The maximum atomic E-state index is 13.1. The zero-order chi connectivity index (χ0) is 24.5. The van der Waals surface area contributed by atoms with Crippen molar-refractivity contribution in [1.82, 2.24) is 9.55 Å².